The summed E-state index contributed by atoms with van der Waals surface area (Å²) < 4.78 is 13.2. The standard InChI is InChI=1S/C27H35N5O3/c1-6-21-25(29-22-16-31(17-23(22)35-8-3)24-11-9-10-14-28-24)27(33)32(7-2)26(30-21)20-13-12-19(34-5)15-18(20)4/h9-15,22-23,29H,6-8,16-17H2,1-5H3. The molecule has 1 N–H and O–H groups in total. The predicted octanol–water partition coefficient (Wildman–Crippen LogP) is 3.91. The summed E-state index contributed by atoms with van der Waals surface area (Å²) in [6.45, 7) is 10.5. The number of anilines is 2. The van der Waals surface area contributed by atoms with Crippen molar-refractivity contribution in [3.63, 3.8) is 0 Å². The zero-order valence-electron chi connectivity index (χ0n) is 21.2. The van der Waals surface area contributed by atoms with Gasteiger partial charge in [-0.05, 0) is 63.1 Å². The van der Waals surface area contributed by atoms with E-state index in [4.69, 9.17) is 14.5 Å². The van der Waals surface area contributed by atoms with E-state index < -0.39 is 0 Å². The molecular formula is C27H35N5O3. The molecule has 8 nitrogen and oxygen atoms in total. The highest BCUT2D eigenvalue weighted by molar-refractivity contribution is 5.64. The summed E-state index contributed by atoms with van der Waals surface area (Å²) in [5.41, 5.74) is 3.20. The smallest absolute Gasteiger partial charge is 0.277 e. The topological polar surface area (TPSA) is 81.5 Å². The molecule has 1 fully saturated rings. The van der Waals surface area contributed by atoms with E-state index >= 15 is 0 Å². The van der Waals surface area contributed by atoms with Crippen molar-refractivity contribution in [3.8, 4) is 17.1 Å². The molecule has 2 atom stereocenters. The molecule has 3 heterocycles. The fourth-order valence-electron chi connectivity index (χ4n) is 4.72. The minimum Gasteiger partial charge on any atom is -0.497 e. The third-order valence-electron chi connectivity index (χ3n) is 6.52. The average Bonchev–Trinajstić information content (AvgIpc) is 3.28. The van der Waals surface area contributed by atoms with Crippen LogP contribution in [0.1, 0.15) is 32.0 Å². The summed E-state index contributed by atoms with van der Waals surface area (Å²) >= 11 is 0. The summed E-state index contributed by atoms with van der Waals surface area (Å²) in [6, 6.07) is 11.7. The van der Waals surface area contributed by atoms with Crippen LogP contribution >= 0.6 is 0 Å². The summed E-state index contributed by atoms with van der Waals surface area (Å²) in [7, 11) is 1.65. The summed E-state index contributed by atoms with van der Waals surface area (Å²) in [5, 5.41) is 3.54. The van der Waals surface area contributed by atoms with Crippen molar-refractivity contribution in [3.05, 3.63) is 64.2 Å². The Morgan fingerprint density at radius 1 is 1.14 bits per heavy atom. The highest BCUT2D eigenvalue weighted by Crippen LogP contribution is 2.28. The first-order chi connectivity index (χ1) is 17.0. The molecule has 2 unspecified atom stereocenters. The van der Waals surface area contributed by atoms with Gasteiger partial charge in [-0.25, -0.2) is 9.97 Å². The van der Waals surface area contributed by atoms with Gasteiger partial charge in [0.25, 0.3) is 5.56 Å². The van der Waals surface area contributed by atoms with E-state index in [1.54, 1.807) is 17.9 Å². The molecule has 2 aromatic heterocycles. The number of aryl methyl sites for hydroxylation is 2. The minimum absolute atomic E-state index is 0.0592. The molecule has 1 aliphatic heterocycles. The molecule has 1 saturated heterocycles. The van der Waals surface area contributed by atoms with Gasteiger partial charge >= 0.3 is 0 Å². The van der Waals surface area contributed by atoms with Crippen molar-refractivity contribution >= 4 is 11.5 Å². The fraction of sp³-hybridized carbons (Fsp3) is 0.444. The lowest BCUT2D eigenvalue weighted by Crippen LogP contribution is -2.38. The maximum atomic E-state index is 13.8. The Bertz CT molecular complexity index is 1210. The molecule has 8 heteroatoms. The maximum absolute atomic E-state index is 13.8. The number of benzene rings is 1. The molecule has 3 aromatic rings. The van der Waals surface area contributed by atoms with Gasteiger partial charge in [-0.2, -0.15) is 0 Å². The van der Waals surface area contributed by atoms with E-state index in [9.17, 15) is 4.79 Å². The average molecular weight is 478 g/mol. The van der Waals surface area contributed by atoms with Crippen LogP contribution in [0, 0.1) is 6.92 Å². The van der Waals surface area contributed by atoms with Gasteiger partial charge in [0.15, 0.2) is 0 Å². The van der Waals surface area contributed by atoms with E-state index in [2.05, 4.69) is 15.2 Å². The third kappa shape index (κ3) is 5.03. The van der Waals surface area contributed by atoms with Crippen LogP contribution in [0.2, 0.25) is 0 Å². The van der Waals surface area contributed by atoms with Crippen LogP contribution in [0.25, 0.3) is 11.4 Å². The fourth-order valence-corrected chi connectivity index (χ4v) is 4.72. The van der Waals surface area contributed by atoms with Crippen molar-refractivity contribution in [1.29, 1.82) is 0 Å². The number of rotatable bonds is 9. The van der Waals surface area contributed by atoms with E-state index in [1.165, 1.54) is 0 Å². The zero-order valence-corrected chi connectivity index (χ0v) is 21.2. The van der Waals surface area contributed by atoms with Crippen molar-refractivity contribution in [2.24, 2.45) is 0 Å². The SMILES string of the molecule is CCOC1CN(c2ccccn2)CC1Nc1c(CC)nc(-c2ccc(OC)cc2C)n(CC)c1=O. The first-order valence-electron chi connectivity index (χ1n) is 12.3. The molecule has 0 saturated carbocycles. The molecular weight excluding hydrogens is 442 g/mol. The Labute approximate surface area is 206 Å². The van der Waals surface area contributed by atoms with Gasteiger partial charge in [0.05, 0.1) is 24.9 Å². The molecule has 0 aliphatic carbocycles. The number of hydrogen-bond acceptors (Lipinski definition) is 7. The number of pyridine rings is 1. The molecule has 186 valence electrons. The van der Waals surface area contributed by atoms with Gasteiger partial charge in [0, 0.05) is 38.0 Å². The van der Waals surface area contributed by atoms with Crippen molar-refractivity contribution in [1.82, 2.24) is 14.5 Å². The molecule has 1 aromatic carbocycles. The van der Waals surface area contributed by atoms with Crippen molar-refractivity contribution in [2.45, 2.75) is 52.8 Å². The Balaban J connectivity index is 1.71. The van der Waals surface area contributed by atoms with Crippen LogP contribution in [-0.2, 0) is 17.7 Å². The number of ether oxygens (including phenoxy) is 2. The number of methoxy groups -OCH3 is 1. The van der Waals surface area contributed by atoms with Crippen LogP contribution in [0.3, 0.4) is 0 Å². The molecule has 0 bridgehead atoms. The number of nitrogens with zero attached hydrogens (tertiary/aromatic N) is 4. The van der Waals surface area contributed by atoms with Crippen LogP contribution in [0.5, 0.6) is 5.75 Å². The Kier molecular flexibility index (Phi) is 7.70. The third-order valence-corrected chi connectivity index (χ3v) is 6.52. The van der Waals surface area contributed by atoms with E-state index in [1.807, 2.05) is 64.1 Å². The van der Waals surface area contributed by atoms with Crippen molar-refractivity contribution in [2.75, 3.05) is 37.0 Å². The van der Waals surface area contributed by atoms with Gasteiger partial charge in [0.1, 0.15) is 23.1 Å². The van der Waals surface area contributed by atoms with Crippen LogP contribution in [0.15, 0.2) is 47.4 Å². The largest absolute Gasteiger partial charge is 0.497 e. The Morgan fingerprint density at radius 2 is 1.97 bits per heavy atom. The zero-order chi connectivity index (χ0) is 24.9. The normalized spacial score (nSPS) is 17.6. The quantitative estimate of drug-likeness (QED) is 0.500. The molecule has 0 spiro atoms. The van der Waals surface area contributed by atoms with Crippen LogP contribution in [0.4, 0.5) is 11.5 Å². The lowest BCUT2D eigenvalue weighted by molar-refractivity contribution is 0.0719. The molecule has 1 aliphatic rings. The summed E-state index contributed by atoms with van der Waals surface area (Å²) in [4.78, 5) is 25.5. The second-order valence-electron chi connectivity index (χ2n) is 8.68. The van der Waals surface area contributed by atoms with Gasteiger partial charge in [-0.15, -0.1) is 0 Å². The molecule has 35 heavy (non-hydrogen) atoms. The van der Waals surface area contributed by atoms with E-state index in [0.29, 0.717) is 44.2 Å². The van der Waals surface area contributed by atoms with E-state index in [-0.39, 0.29) is 17.7 Å². The number of hydrogen-bond donors (Lipinski definition) is 1. The Hall–Kier alpha value is -3.39. The summed E-state index contributed by atoms with van der Waals surface area (Å²) in [6.07, 6.45) is 2.37. The van der Waals surface area contributed by atoms with Gasteiger partial charge < -0.3 is 19.7 Å². The second-order valence-corrected chi connectivity index (χ2v) is 8.68. The highest BCUT2D eigenvalue weighted by atomic mass is 16.5. The second kappa shape index (κ2) is 10.9. The monoisotopic (exact) mass is 477 g/mol. The van der Waals surface area contributed by atoms with Gasteiger partial charge in [0.2, 0.25) is 0 Å². The lowest BCUT2D eigenvalue weighted by Gasteiger charge is -2.23. The number of nitrogens with one attached hydrogen (secondary N) is 1. The Morgan fingerprint density at radius 3 is 2.60 bits per heavy atom. The van der Waals surface area contributed by atoms with E-state index in [0.717, 1.165) is 28.4 Å². The maximum Gasteiger partial charge on any atom is 0.277 e. The summed E-state index contributed by atoms with van der Waals surface area (Å²) in [5.74, 6) is 2.38. The predicted molar refractivity (Wildman–Crippen MR) is 140 cm³/mol. The van der Waals surface area contributed by atoms with Gasteiger partial charge in [-0.1, -0.05) is 13.0 Å². The molecule has 0 amide bonds. The van der Waals surface area contributed by atoms with Crippen LogP contribution < -0.4 is 20.5 Å². The highest BCUT2D eigenvalue weighted by Gasteiger charge is 2.35. The van der Waals surface area contributed by atoms with Crippen molar-refractivity contribution < 1.29 is 9.47 Å². The first kappa shape index (κ1) is 24.7. The van der Waals surface area contributed by atoms with Gasteiger partial charge in [-0.3, -0.25) is 9.36 Å². The van der Waals surface area contributed by atoms with Crippen LogP contribution in [-0.4, -0.2) is 53.5 Å². The molecule has 4 rings (SSSR count). The minimum atomic E-state index is -0.0651. The number of aromatic nitrogens is 3. The lowest BCUT2D eigenvalue weighted by atomic mass is 10.1. The first-order valence-corrected chi connectivity index (χ1v) is 12.3. The molecule has 0 radical (unpaired) electrons.